The molecule has 1 fully saturated rings. The summed E-state index contributed by atoms with van der Waals surface area (Å²) < 4.78 is 5.55. The Balaban J connectivity index is 1.23. The van der Waals surface area contributed by atoms with Crippen LogP contribution in [0.1, 0.15) is 33.1 Å². The van der Waals surface area contributed by atoms with Gasteiger partial charge in [-0.15, -0.1) is 0 Å². The highest BCUT2D eigenvalue weighted by molar-refractivity contribution is 5.91. The zero-order valence-corrected chi connectivity index (χ0v) is 17.3. The highest BCUT2D eigenvalue weighted by Crippen LogP contribution is 2.12. The van der Waals surface area contributed by atoms with Crippen molar-refractivity contribution in [1.29, 1.82) is 0 Å². The third-order valence-electron chi connectivity index (χ3n) is 5.30. The van der Waals surface area contributed by atoms with Gasteiger partial charge in [0.15, 0.2) is 5.69 Å². The lowest BCUT2D eigenvalue weighted by atomic mass is 10.1. The molecule has 0 spiro atoms. The monoisotopic (exact) mass is 405 g/mol. The Morgan fingerprint density at radius 1 is 1.03 bits per heavy atom. The Morgan fingerprint density at radius 3 is 2.50 bits per heavy atom. The average Bonchev–Trinajstić information content (AvgIpc) is 3.23. The molecular formula is C23H27N5O2. The third-order valence-corrected chi connectivity index (χ3v) is 5.30. The molecule has 1 aliphatic rings. The van der Waals surface area contributed by atoms with Gasteiger partial charge in [0.2, 0.25) is 5.89 Å². The van der Waals surface area contributed by atoms with Gasteiger partial charge in [0, 0.05) is 51.7 Å². The first-order valence-electron chi connectivity index (χ1n) is 10.3. The first-order chi connectivity index (χ1) is 14.7. The van der Waals surface area contributed by atoms with E-state index in [0.717, 1.165) is 38.3 Å². The van der Waals surface area contributed by atoms with Crippen molar-refractivity contribution in [3.63, 3.8) is 0 Å². The number of aryl methyl sites for hydroxylation is 1. The summed E-state index contributed by atoms with van der Waals surface area (Å²) in [7, 11) is 0. The number of oxazole rings is 1. The molecule has 7 nitrogen and oxygen atoms in total. The van der Waals surface area contributed by atoms with Crippen LogP contribution >= 0.6 is 0 Å². The fourth-order valence-corrected chi connectivity index (χ4v) is 3.63. The lowest BCUT2D eigenvalue weighted by Crippen LogP contribution is -2.45. The molecule has 0 bridgehead atoms. The summed E-state index contributed by atoms with van der Waals surface area (Å²) in [6, 6.07) is 12.2. The summed E-state index contributed by atoms with van der Waals surface area (Å²) in [5.41, 5.74) is 3.85. The molecule has 2 aromatic heterocycles. The van der Waals surface area contributed by atoms with Gasteiger partial charge >= 0.3 is 0 Å². The molecule has 0 atom stereocenters. The maximum atomic E-state index is 12.4. The Kier molecular flexibility index (Phi) is 6.51. The Bertz CT molecular complexity index is 964. The van der Waals surface area contributed by atoms with E-state index in [2.05, 4.69) is 43.3 Å². The van der Waals surface area contributed by atoms with Crippen LogP contribution in [-0.2, 0) is 19.6 Å². The van der Waals surface area contributed by atoms with Crippen LogP contribution in [0.3, 0.4) is 0 Å². The lowest BCUT2D eigenvalue weighted by molar-refractivity contribution is 0.0945. The molecule has 156 valence electrons. The van der Waals surface area contributed by atoms with E-state index in [1.54, 1.807) is 0 Å². The number of hydrogen-bond donors (Lipinski definition) is 1. The van der Waals surface area contributed by atoms with E-state index in [1.165, 1.54) is 17.4 Å². The van der Waals surface area contributed by atoms with E-state index in [9.17, 15) is 4.79 Å². The number of carbonyl (C=O) groups excluding carboxylic acids is 1. The number of carbonyl (C=O) groups is 1. The van der Waals surface area contributed by atoms with Gasteiger partial charge in [0.1, 0.15) is 6.26 Å². The van der Waals surface area contributed by atoms with Crippen LogP contribution < -0.4 is 5.32 Å². The van der Waals surface area contributed by atoms with Gasteiger partial charge in [-0.05, 0) is 30.2 Å². The van der Waals surface area contributed by atoms with Crippen LogP contribution in [0.2, 0.25) is 0 Å². The maximum Gasteiger partial charge on any atom is 0.273 e. The topological polar surface area (TPSA) is 74.5 Å². The molecule has 1 aromatic carbocycles. The molecule has 1 N–H and O–H groups in total. The van der Waals surface area contributed by atoms with Crippen LogP contribution in [0.15, 0.2) is 59.5 Å². The van der Waals surface area contributed by atoms with E-state index < -0.39 is 0 Å². The number of piperazine rings is 1. The van der Waals surface area contributed by atoms with Crippen molar-refractivity contribution >= 4 is 5.91 Å². The summed E-state index contributed by atoms with van der Waals surface area (Å²) in [6.45, 7) is 7.95. The minimum atomic E-state index is -0.214. The minimum Gasteiger partial charge on any atom is -0.447 e. The van der Waals surface area contributed by atoms with Gasteiger partial charge in [0.25, 0.3) is 5.91 Å². The molecule has 0 radical (unpaired) electrons. The van der Waals surface area contributed by atoms with Gasteiger partial charge < -0.3 is 9.73 Å². The standard InChI is InChI=1S/C23H27N5O2/c1-18-3-2-4-20(13-18)14-25-23(29)21-17-30-22(26-21)16-28-11-9-27(10-12-28)15-19-5-7-24-8-6-19/h2-8,13,17H,9-12,14-16H2,1H3,(H,25,29). The van der Waals surface area contributed by atoms with Crippen molar-refractivity contribution in [2.75, 3.05) is 26.2 Å². The molecule has 0 saturated carbocycles. The molecule has 30 heavy (non-hydrogen) atoms. The number of amides is 1. The van der Waals surface area contributed by atoms with Crippen LogP contribution in [0, 0.1) is 6.92 Å². The number of nitrogens with one attached hydrogen (secondary N) is 1. The zero-order chi connectivity index (χ0) is 20.8. The molecular weight excluding hydrogens is 378 g/mol. The largest absolute Gasteiger partial charge is 0.447 e. The van der Waals surface area contributed by atoms with Gasteiger partial charge in [-0.2, -0.15) is 0 Å². The number of pyridine rings is 1. The average molecular weight is 406 g/mol. The van der Waals surface area contributed by atoms with Crippen molar-refractivity contribution in [3.05, 3.63) is 83.3 Å². The lowest BCUT2D eigenvalue weighted by Gasteiger charge is -2.33. The summed E-state index contributed by atoms with van der Waals surface area (Å²) in [4.78, 5) is 25.6. The summed E-state index contributed by atoms with van der Waals surface area (Å²) in [5, 5.41) is 2.90. The molecule has 1 amide bonds. The molecule has 3 heterocycles. The van der Waals surface area contributed by atoms with Crippen LogP contribution in [0.25, 0.3) is 0 Å². The second kappa shape index (κ2) is 9.65. The smallest absolute Gasteiger partial charge is 0.273 e. The van der Waals surface area contributed by atoms with E-state index >= 15 is 0 Å². The Morgan fingerprint density at radius 2 is 1.77 bits per heavy atom. The van der Waals surface area contributed by atoms with Crippen molar-refractivity contribution in [2.24, 2.45) is 0 Å². The van der Waals surface area contributed by atoms with Crippen LogP contribution in [-0.4, -0.2) is 51.9 Å². The fourth-order valence-electron chi connectivity index (χ4n) is 3.63. The zero-order valence-electron chi connectivity index (χ0n) is 17.3. The fraction of sp³-hybridized carbons (Fsp3) is 0.348. The highest BCUT2D eigenvalue weighted by atomic mass is 16.3. The number of nitrogens with zero attached hydrogens (tertiary/aromatic N) is 4. The van der Waals surface area contributed by atoms with Gasteiger partial charge in [0.05, 0.1) is 6.54 Å². The van der Waals surface area contributed by atoms with Gasteiger partial charge in [-0.3, -0.25) is 19.6 Å². The predicted molar refractivity (Wildman–Crippen MR) is 114 cm³/mol. The SMILES string of the molecule is Cc1cccc(CNC(=O)c2coc(CN3CCN(Cc4ccncc4)CC3)n2)c1. The molecule has 4 rings (SSSR count). The molecule has 0 unspecified atom stereocenters. The van der Waals surface area contributed by atoms with Crippen LogP contribution in [0.4, 0.5) is 0 Å². The van der Waals surface area contributed by atoms with E-state index in [1.807, 2.05) is 37.5 Å². The second-order valence-electron chi connectivity index (χ2n) is 7.71. The molecule has 3 aromatic rings. The highest BCUT2D eigenvalue weighted by Gasteiger charge is 2.20. The van der Waals surface area contributed by atoms with E-state index in [4.69, 9.17) is 4.42 Å². The van der Waals surface area contributed by atoms with E-state index in [-0.39, 0.29) is 5.91 Å². The summed E-state index contributed by atoms with van der Waals surface area (Å²) >= 11 is 0. The third kappa shape index (κ3) is 5.52. The molecule has 1 aliphatic heterocycles. The second-order valence-corrected chi connectivity index (χ2v) is 7.71. The number of hydrogen-bond acceptors (Lipinski definition) is 6. The number of benzene rings is 1. The number of aromatic nitrogens is 2. The molecule has 1 saturated heterocycles. The van der Waals surface area contributed by atoms with Crippen molar-refractivity contribution in [2.45, 2.75) is 26.6 Å². The van der Waals surface area contributed by atoms with Crippen molar-refractivity contribution in [3.8, 4) is 0 Å². The van der Waals surface area contributed by atoms with Crippen LogP contribution in [0.5, 0.6) is 0 Å². The quantitative estimate of drug-likeness (QED) is 0.651. The molecule has 7 heteroatoms. The Hall–Kier alpha value is -3.03. The summed E-state index contributed by atoms with van der Waals surface area (Å²) in [6.07, 6.45) is 5.12. The first-order valence-corrected chi connectivity index (χ1v) is 10.3. The maximum absolute atomic E-state index is 12.4. The van der Waals surface area contributed by atoms with E-state index in [0.29, 0.717) is 24.7 Å². The molecule has 0 aliphatic carbocycles. The van der Waals surface area contributed by atoms with Crippen molar-refractivity contribution < 1.29 is 9.21 Å². The minimum absolute atomic E-state index is 0.214. The summed E-state index contributed by atoms with van der Waals surface area (Å²) in [5.74, 6) is 0.368. The van der Waals surface area contributed by atoms with Gasteiger partial charge in [-0.25, -0.2) is 4.98 Å². The van der Waals surface area contributed by atoms with Crippen molar-refractivity contribution in [1.82, 2.24) is 25.1 Å². The van der Waals surface area contributed by atoms with Gasteiger partial charge in [-0.1, -0.05) is 29.8 Å². The predicted octanol–water partition coefficient (Wildman–Crippen LogP) is 2.63. The number of rotatable bonds is 7. The normalized spacial score (nSPS) is 15.2. The Labute approximate surface area is 176 Å². The first kappa shape index (κ1) is 20.3.